The first-order valence-corrected chi connectivity index (χ1v) is 17.1. The molecule has 0 N–H and O–H groups in total. The third kappa shape index (κ3) is 37.5. The molecule has 0 fully saturated rings. The second-order valence-corrected chi connectivity index (χ2v) is 10.6. The van der Waals surface area contributed by atoms with Crippen molar-refractivity contribution in [3.8, 4) is 0 Å². The smallest absolute Gasteiger partial charge is 0.305 e. The predicted octanol–water partition coefficient (Wildman–Crippen LogP) is 6.37. The van der Waals surface area contributed by atoms with Crippen molar-refractivity contribution in [2.75, 3.05) is 105 Å². The molecule has 0 aliphatic rings. The molecule has 0 spiro atoms. The molecule has 0 bridgehead atoms. The van der Waals surface area contributed by atoms with Gasteiger partial charge >= 0.3 is 5.97 Å². The SMILES string of the molecule is CCCCCCCCCCCCCCCC(=O)OCCOCCOCCOCCOCCOCCOCCOCCCl. The number of hydrogen-bond acceptors (Lipinski definition) is 9. The maximum absolute atomic E-state index is 11.8. The summed E-state index contributed by atoms with van der Waals surface area (Å²) in [5.74, 6) is 0.372. The summed E-state index contributed by atoms with van der Waals surface area (Å²) in [6.45, 7) is 9.66. The molecule has 0 amide bonds. The Morgan fingerprint density at radius 3 is 1.02 bits per heavy atom. The Balaban J connectivity index is 3.13. The molecular weight excluding hydrogens is 564 g/mol. The van der Waals surface area contributed by atoms with Gasteiger partial charge in [-0.1, -0.05) is 84.0 Å². The topological polar surface area (TPSA) is 90.9 Å². The van der Waals surface area contributed by atoms with E-state index in [1.54, 1.807) is 0 Å². The highest BCUT2D eigenvalue weighted by Crippen LogP contribution is 2.13. The van der Waals surface area contributed by atoms with Gasteiger partial charge in [-0.2, -0.15) is 0 Å². The lowest BCUT2D eigenvalue weighted by Gasteiger charge is -2.08. The zero-order valence-electron chi connectivity index (χ0n) is 26.8. The van der Waals surface area contributed by atoms with Crippen LogP contribution >= 0.6 is 11.6 Å². The largest absolute Gasteiger partial charge is 0.463 e. The molecule has 9 nitrogen and oxygen atoms in total. The van der Waals surface area contributed by atoms with Crippen molar-refractivity contribution in [2.24, 2.45) is 0 Å². The second-order valence-electron chi connectivity index (χ2n) is 10.2. The van der Waals surface area contributed by atoms with Crippen LogP contribution in [0.2, 0.25) is 0 Å². The highest BCUT2D eigenvalue weighted by molar-refractivity contribution is 6.17. The maximum atomic E-state index is 11.8. The monoisotopic (exact) mass is 626 g/mol. The molecule has 0 radical (unpaired) electrons. The van der Waals surface area contributed by atoms with Gasteiger partial charge < -0.3 is 37.9 Å². The number of esters is 1. The summed E-state index contributed by atoms with van der Waals surface area (Å²) in [4.78, 5) is 11.8. The summed E-state index contributed by atoms with van der Waals surface area (Å²) < 4.78 is 43.0. The lowest BCUT2D eigenvalue weighted by Crippen LogP contribution is -2.15. The van der Waals surface area contributed by atoms with Gasteiger partial charge in [0, 0.05) is 12.3 Å². The molecule has 252 valence electrons. The van der Waals surface area contributed by atoms with Crippen molar-refractivity contribution in [3.05, 3.63) is 0 Å². The van der Waals surface area contributed by atoms with Gasteiger partial charge in [0.15, 0.2) is 0 Å². The van der Waals surface area contributed by atoms with Crippen molar-refractivity contribution < 1.29 is 42.7 Å². The van der Waals surface area contributed by atoms with Crippen molar-refractivity contribution >= 4 is 17.6 Å². The van der Waals surface area contributed by atoms with Gasteiger partial charge in [0.2, 0.25) is 0 Å². The van der Waals surface area contributed by atoms with Crippen LogP contribution in [-0.2, 0) is 42.7 Å². The van der Waals surface area contributed by atoms with E-state index in [9.17, 15) is 4.79 Å². The van der Waals surface area contributed by atoms with Gasteiger partial charge in [0.05, 0.1) is 92.5 Å². The summed E-state index contributed by atoms with van der Waals surface area (Å²) in [5.41, 5.74) is 0. The number of alkyl halides is 1. The second kappa shape index (κ2) is 38.5. The van der Waals surface area contributed by atoms with E-state index in [1.165, 1.54) is 70.6 Å². The Labute approximate surface area is 261 Å². The van der Waals surface area contributed by atoms with E-state index in [0.717, 1.165) is 12.8 Å². The molecule has 10 heteroatoms. The van der Waals surface area contributed by atoms with Crippen LogP contribution in [0.5, 0.6) is 0 Å². The van der Waals surface area contributed by atoms with Gasteiger partial charge in [-0.3, -0.25) is 4.79 Å². The number of rotatable bonds is 37. The Bertz CT molecular complexity index is 514. The average Bonchev–Trinajstić information content (AvgIpc) is 3.00. The zero-order valence-corrected chi connectivity index (χ0v) is 27.5. The molecule has 0 heterocycles. The van der Waals surface area contributed by atoms with Gasteiger partial charge in [-0.15, -0.1) is 11.6 Å². The highest BCUT2D eigenvalue weighted by Gasteiger charge is 2.03. The lowest BCUT2D eigenvalue weighted by atomic mass is 10.0. The number of carbonyl (C=O) groups excluding carboxylic acids is 1. The summed E-state index contributed by atoms with van der Waals surface area (Å²) in [7, 11) is 0. The van der Waals surface area contributed by atoms with E-state index >= 15 is 0 Å². The molecule has 0 atom stereocenters. The molecule has 0 aromatic rings. The van der Waals surface area contributed by atoms with Gasteiger partial charge in [-0.05, 0) is 6.42 Å². The molecule has 0 rings (SSSR count). The molecule has 0 aliphatic heterocycles. The van der Waals surface area contributed by atoms with Crippen LogP contribution in [0.1, 0.15) is 96.8 Å². The molecule has 0 aromatic heterocycles. The van der Waals surface area contributed by atoms with Gasteiger partial charge in [-0.25, -0.2) is 0 Å². The third-order valence-electron chi connectivity index (χ3n) is 6.43. The standard InChI is InChI=1S/C32H63ClO9/c1-2-3-4-5-6-7-8-9-10-11-12-13-14-15-32(34)42-31-30-41-29-28-40-27-26-39-25-24-38-23-22-37-21-20-36-19-18-35-17-16-33/h2-31H2,1H3. The van der Waals surface area contributed by atoms with Gasteiger partial charge in [0.1, 0.15) is 6.61 Å². The molecule has 0 saturated carbocycles. The molecule has 0 saturated heterocycles. The van der Waals surface area contributed by atoms with E-state index < -0.39 is 0 Å². The Morgan fingerprint density at radius 2 is 0.690 bits per heavy atom. The third-order valence-corrected chi connectivity index (χ3v) is 6.58. The fraction of sp³-hybridized carbons (Fsp3) is 0.969. The molecule has 0 unspecified atom stereocenters. The number of halogens is 1. The minimum absolute atomic E-state index is 0.128. The Kier molecular flexibility index (Phi) is 38.0. The summed E-state index contributed by atoms with van der Waals surface area (Å²) in [6, 6.07) is 0. The van der Waals surface area contributed by atoms with E-state index in [-0.39, 0.29) is 5.97 Å². The average molecular weight is 627 g/mol. The number of ether oxygens (including phenoxy) is 8. The molecule has 42 heavy (non-hydrogen) atoms. The van der Waals surface area contributed by atoms with Crippen LogP contribution in [-0.4, -0.2) is 111 Å². The van der Waals surface area contributed by atoms with Crippen molar-refractivity contribution in [3.63, 3.8) is 0 Å². The Morgan fingerprint density at radius 1 is 0.405 bits per heavy atom. The Hall–Kier alpha value is -0.520. The summed E-state index contributed by atoms with van der Waals surface area (Å²) >= 11 is 5.51. The van der Waals surface area contributed by atoms with E-state index in [1.807, 2.05) is 0 Å². The fourth-order valence-corrected chi connectivity index (χ4v) is 4.16. The molecule has 0 aromatic carbocycles. The lowest BCUT2D eigenvalue weighted by molar-refractivity contribution is -0.145. The van der Waals surface area contributed by atoms with Crippen LogP contribution in [0.25, 0.3) is 0 Å². The zero-order chi connectivity index (χ0) is 30.4. The number of carbonyl (C=O) groups is 1. The van der Waals surface area contributed by atoms with Crippen LogP contribution in [0.3, 0.4) is 0 Å². The maximum Gasteiger partial charge on any atom is 0.305 e. The van der Waals surface area contributed by atoms with Crippen molar-refractivity contribution in [1.29, 1.82) is 0 Å². The first-order chi connectivity index (χ1) is 20.8. The molecular formula is C32H63ClO9. The highest BCUT2D eigenvalue weighted by atomic mass is 35.5. The quantitative estimate of drug-likeness (QED) is 0.0443. The minimum atomic E-state index is -0.128. The normalized spacial score (nSPS) is 11.4. The number of hydrogen-bond donors (Lipinski definition) is 0. The van der Waals surface area contributed by atoms with Crippen LogP contribution < -0.4 is 0 Å². The summed E-state index contributed by atoms with van der Waals surface area (Å²) in [6.07, 6.45) is 17.4. The summed E-state index contributed by atoms with van der Waals surface area (Å²) in [5, 5.41) is 0. The van der Waals surface area contributed by atoms with E-state index in [4.69, 9.17) is 49.5 Å². The van der Waals surface area contributed by atoms with E-state index in [2.05, 4.69) is 6.92 Å². The van der Waals surface area contributed by atoms with Crippen LogP contribution in [0.15, 0.2) is 0 Å². The number of unbranched alkanes of at least 4 members (excludes halogenated alkanes) is 12. The fourth-order valence-electron chi connectivity index (χ4n) is 4.05. The minimum Gasteiger partial charge on any atom is -0.463 e. The van der Waals surface area contributed by atoms with Crippen molar-refractivity contribution in [2.45, 2.75) is 96.8 Å². The van der Waals surface area contributed by atoms with Gasteiger partial charge in [0.25, 0.3) is 0 Å². The first-order valence-electron chi connectivity index (χ1n) is 16.6. The van der Waals surface area contributed by atoms with E-state index in [0.29, 0.717) is 111 Å². The predicted molar refractivity (Wildman–Crippen MR) is 168 cm³/mol. The van der Waals surface area contributed by atoms with Crippen LogP contribution in [0.4, 0.5) is 0 Å². The van der Waals surface area contributed by atoms with Crippen molar-refractivity contribution in [1.82, 2.24) is 0 Å². The first kappa shape index (κ1) is 41.5. The molecule has 0 aliphatic carbocycles. The van der Waals surface area contributed by atoms with Crippen LogP contribution in [0, 0.1) is 0 Å².